The summed E-state index contributed by atoms with van der Waals surface area (Å²) in [6.07, 6.45) is 3.90. The van der Waals surface area contributed by atoms with Crippen LogP contribution in [0.3, 0.4) is 0 Å². The molecule has 4 unspecified atom stereocenters. The summed E-state index contributed by atoms with van der Waals surface area (Å²) in [5, 5.41) is 0. The molecule has 72 valence electrons. The smallest absolute Gasteiger partial charge is 0.103 e. The lowest BCUT2D eigenvalue weighted by atomic mass is 9.72. The lowest BCUT2D eigenvalue weighted by Gasteiger charge is -2.36. The maximum atomic E-state index is 13.0. The van der Waals surface area contributed by atoms with Crippen LogP contribution in [0.25, 0.3) is 0 Å². The molecule has 1 fully saturated rings. The van der Waals surface area contributed by atoms with Crippen LogP contribution in [-0.4, -0.2) is 6.17 Å². The topological polar surface area (TPSA) is 0 Å². The van der Waals surface area contributed by atoms with Crippen LogP contribution >= 0.6 is 0 Å². The summed E-state index contributed by atoms with van der Waals surface area (Å²) in [4.78, 5) is 0. The molecule has 0 N–H and O–H groups in total. The average Bonchev–Trinajstić information content (AvgIpc) is 2.01. The molecule has 0 aliphatic heterocycles. The second-order valence-electron chi connectivity index (χ2n) is 4.48. The van der Waals surface area contributed by atoms with Crippen molar-refractivity contribution in [2.45, 2.75) is 52.6 Å². The van der Waals surface area contributed by atoms with E-state index in [0.717, 1.165) is 18.8 Å². The molecule has 0 bridgehead atoms. The van der Waals surface area contributed by atoms with Crippen LogP contribution < -0.4 is 0 Å². The molecule has 1 rings (SSSR count). The summed E-state index contributed by atoms with van der Waals surface area (Å²) < 4.78 is 13.0. The van der Waals surface area contributed by atoms with Crippen molar-refractivity contribution in [2.75, 3.05) is 0 Å². The van der Waals surface area contributed by atoms with Gasteiger partial charge in [0, 0.05) is 0 Å². The largest absolute Gasteiger partial charge is 0.247 e. The lowest BCUT2D eigenvalue weighted by molar-refractivity contribution is 0.0586. The van der Waals surface area contributed by atoms with Crippen LogP contribution in [0.15, 0.2) is 0 Å². The molecular formula is C11H21F. The molecule has 0 aromatic rings. The molecule has 0 saturated heterocycles. The van der Waals surface area contributed by atoms with Crippen LogP contribution in [-0.2, 0) is 0 Å². The Balaban J connectivity index is 2.23. The Morgan fingerprint density at radius 3 is 2.33 bits per heavy atom. The maximum absolute atomic E-state index is 13.0. The summed E-state index contributed by atoms with van der Waals surface area (Å²) in [5.74, 6) is 1.76. The number of alkyl halides is 1. The normalized spacial score (nSPS) is 34.0. The third kappa shape index (κ3) is 2.21. The quantitative estimate of drug-likeness (QED) is 0.605. The Morgan fingerprint density at radius 1 is 1.33 bits per heavy atom. The fourth-order valence-electron chi connectivity index (χ4n) is 2.10. The van der Waals surface area contributed by atoms with E-state index in [0.29, 0.717) is 11.8 Å². The molecule has 0 radical (unpaired) electrons. The summed E-state index contributed by atoms with van der Waals surface area (Å²) in [6, 6.07) is 0. The van der Waals surface area contributed by atoms with Gasteiger partial charge < -0.3 is 0 Å². The highest BCUT2D eigenvalue weighted by Crippen LogP contribution is 2.39. The summed E-state index contributed by atoms with van der Waals surface area (Å²) in [7, 11) is 0. The molecule has 0 amide bonds. The van der Waals surface area contributed by atoms with E-state index in [9.17, 15) is 4.39 Å². The minimum atomic E-state index is -0.482. The van der Waals surface area contributed by atoms with Crippen molar-refractivity contribution in [1.29, 1.82) is 0 Å². The van der Waals surface area contributed by atoms with Gasteiger partial charge in [-0.05, 0) is 37.0 Å². The van der Waals surface area contributed by atoms with Crippen molar-refractivity contribution in [3.05, 3.63) is 0 Å². The van der Waals surface area contributed by atoms with Gasteiger partial charge in [-0.3, -0.25) is 0 Å². The fraction of sp³-hybridized carbons (Fsp3) is 1.00. The predicted octanol–water partition coefficient (Wildman–Crippen LogP) is 3.81. The zero-order valence-corrected chi connectivity index (χ0v) is 8.52. The Morgan fingerprint density at radius 2 is 2.00 bits per heavy atom. The first-order valence-electron chi connectivity index (χ1n) is 5.29. The van der Waals surface area contributed by atoms with E-state index in [1.807, 2.05) is 0 Å². The van der Waals surface area contributed by atoms with Gasteiger partial charge in [-0.2, -0.15) is 0 Å². The summed E-state index contributed by atoms with van der Waals surface area (Å²) >= 11 is 0. The van der Waals surface area contributed by atoms with Gasteiger partial charge in [-0.25, -0.2) is 4.39 Å². The van der Waals surface area contributed by atoms with Crippen molar-refractivity contribution in [3.63, 3.8) is 0 Å². The van der Waals surface area contributed by atoms with E-state index in [2.05, 4.69) is 20.8 Å². The highest BCUT2D eigenvalue weighted by atomic mass is 19.1. The van der Waals surface area contributed by atoms with Crippen LogP contribution in [0.5, 0.6) is 0 Å². The number of rotatable bonds is 4. The van der Waals surface area contributed by atoms with Gasteiger partial charge in [-0.15, -0.1) is 0 Å². The molecule has 1 aliphatic carbocycles. The Labute approximate surface area is 75.5 Å². The lowest BCUT2D eigenvalue weighted by Crippen LogP contribution is -2.33. The van der Waals surface area contributed by atoms with E-state index in [-0.39, 0.29) is 0 Å². The molecule has 0 aromatic carbocycles. The number of hydrogen-bond donors (Lipinski definition) is 0. The summed E-state index contributed by atoms with van der Waals surface area (Å²) in [5.41, 5.74) is 0. The van der Waals surface area contributed by atoms with Gasteiger partial charge in [0.1, 0.15) is 6.17 Å². The second-order valence-corrected chi connectivity index (χ2v) is 4.48. The Kier molecular flexibility index (Phi) is 3.54. The molecule has 0 heterocycles. The highest BCUT2D eigenvalue weighted by Gasteiger charge is 2.34. The molecule has 4 atom stereocenters. The first-order chi connectivity index (χ1) is 5.65. The molecular weight excluding hydrogens is 151 g/mol. The molecule has 0 nitrogen and oxygen atoms in total. The van der Waals surface area contributed by atoms with Crippen LogP contribution in [0.1, 0.15) is 46.5 Å². The van der Waals surface area contributed by atoms with Crippen molar-refractivity contribution < 1.29 is 4.39 Å². The molecule has 0 spiro atoms. The monoisotopic (exact) mass is 172 g/mol. The zero-order chi connectivity index (χ0) is 9.14. The van der Waals surface area contributed by atoms with Gasteiger partial charge >= 0.3 is 0 Å². The third-order valence-corrected chi connectivity index (χ3v) is 3.44. The van der Waals surface area contributed by atoms with Crippen molar-refractivity contribution >= 4 is 0 Å². The van der Waals surface area contributed by atoms with E-state index in [1.165, 1.54) is 12.8 Å². The van der Waals surface area contributed by atoms with E-state index >= 15 is 0 Å². The minimum Gasteiger partial charge on any atom is -0.247 e. The van der Waals surface area contributed by atoms with Gasteiger partial charge in [-0.1, -0.05) is 27.2 Å². The maximum Gasteiger partial charge on any atom is 0.103 e. The molecule has 1 heteroatoms. The molecule has 12 heavy (non-hydrogen) atoms. The second kappa shape index (κ2) is 4.25. The van der Waals surface area contributed by atoms with E-state index in [1.54, 1.807) is 0 Å². The predicted molar refractivity (Wildman–Crippen MR) is 50.9 cm³/mol. The Hall–Kier alpha value is -0.0700. The highest BCUT2D eigenvalue weighted by molar-refractivity contribution is 4.84. The van der Waals surface area contributed by atoms with E-state index in [4.69, 9.17) is 0 Å². The SMILES string of the molecule is CCC(C)CC(C)C1CCC1F. The molecule has 1 saturated carbocycles. The zero-order valence-electron chi connectivity index (χ0n) is 8.52. The third-order valence-electron chi connectivity index (χ3n) is 3.44. The first kappa shape index (κ1) is 10.0. The van der Waals surface area contributed by atoms with Gasteiger partial charge in [0.15, 0.2) is 0 Å². The number of halogens is 1. The Bertz CT molecular complexity index is 133. The molecule has 0 aromatic heterocycles. The van der Waals surface area contributed by atoms with Crippen LogP contribution in [0.2, 0.25) is 0 Å². The number of hydrogen-bond acceptors (Lipinski definition) is 0. The van der Waals surface area contributed by atoms with Crippen LogP contribution in [0, 0.1) is 17.8 Å². The van der Waals surface area contributed by atoms with Crippen molar-refractivity contribution in [1.82, 2.24) is 0 Å². The van der Waals surface area contributed by atoms with Crippen molar-refractivity contribution in [2.24, 2.45) is 17.8 Å². The van der Waals surface area contributed by atoms with Gasteiger partial charge in [0.2, 0.25) is 0 Å². The summed E-state index contributed by atoms with van der Waals surface area (Å²) in [6.45, 7) is 6.69. The van der Waals surface area contributed by atoms with E-state index < -0.39 is 6.17 Å². The fourth-order valence-corrected chi connectivity index (χ4v) is 2.10. The standard InChI is InChI=1S/C11H21F/c1-4-8(2)7-9(3)10-5-6-11(10)12/h8-11H,4-7H2,1-3H3. The van der Waals surface area contributed by atoms with Crippen LogP contribution in [0.4, 0.5) is 4.39 Å². The minimum absolute atomic E-state index is 0.388. The average molecular weight is 172 g/mol. The first-order valence-corrected chi connectivity index (χ1v) is 5.29. The molecule has 1 aliphatic rings. The van der Waals surface area contributed by atoms with Gasteiger partial charge in [0.25, 0.3) is 0 Å². The van der Waals surface area contributed by atoms with Gasteiger partial charge in [0.05, 0.1) is 0 Å². The van der Waals surface area contributed by atoms with Crippen molar-refractivity contribution in [3.8, 4) is 0 Å².